The average Bonchev–Trinajstić information content (AvgIpc) is 2.29. The lowest BCUT2D eigenvalue weighted by Crippen LogP contribution is -2.10. The summed E-state index contributed by atoms with van der Waals surface area (Å²) in [6.07, 6.45) is 0. The second kappa shape index (κ2) is 4.52. The van der Waals surface area contributed by atoms with Crippen molar-refractivity contribution in [3.63, 3.8) is 0 Å². The van der Waals surface area contributed by atoms with Gasteiger partial charge < -0.3 is 16.8 Å². The van der Waals surface area contributed by atoms with E-state index in [1.54, 1.807) is 36.4 Å². The smallest absolute Gasteiger partial charge is 0.248 e. The van der Waals surface area contributed by atoms with E-state index in [0.29, 0.717) is 17.2 Å². The number of carbonyl (C=O) groups excluding carboxylic acids is 1. The summed E-state index contributed by atoms with van der Waals surface area (Å²) in [6, 6.07) is 12.1. The summed E-state index contributed by atoms with van der Waals surface area (Å²) >= 11 is 0. The van der Waals surface area contributed by atoms with E-state index < -0.39 is 5.91 Å². The molecule has 5 N–H and O–H groups in total. The molecule has 2 rings (SSSR count). The van der Waals surface area contributed by atoms with Crippen molar-refractivity contribution in [1.82, 2.24) is 4.98 Å². The first-order valence-corrected chi connectivity index (χ1v) is 5.04. The van der Waals surface area contributed by atoms with Crippen molar-refractivity contribution >= 4 is 23.2 Å². The van der Waals surface area contributed by atoms with Crippen molar-refractivity contribution < 1.29 is 4.79 Å². The van der Waals surface area contributed by atoms with Crippen LogP contribution < -0.4 is 16.8 Å². The standard InChI is InChI=1S/C12H12N4O/c13-10-2-1-3-11(16-10)15-9-6-4-8(5-7-9)12(14)17/h1-7H,(H2,14,17)(H3,13,15,16). The van der Waals surface area contributed by atoms with Crippen molar-refractivity contribution in [3.8, 4) is 0 Å². The van der Waals surface area contributed by atoms with Gasteiger partial charge in [0.15, 0.2) is 0 Å². The van der Waals surface area contributed by atoms with Crippen molar-refractivity contribution in [2.45, 2.75) is 0 Å². The molecule has 0 spiro atoms. The number of nitrogen functional groups attached to an aromatic ring is 1. The lowest BCUT2D eigenvalue weighted by Gasteiger charge is -2.06. The number of nitrogens with zero attached hydrogens (tertiary/aromatic N) is 1. The number of benzene rings is 1. The molecule has 0 aliphatic rings. The highest BCUT2D eigenvalue weighted by Gasteiger charge is 2.00. The van der Waals surface area contributed by atoms with Crippen LogP contribution in [0.5, 0.6) is 0 Å². The fourth-order valence-corrected chi connectivity index (χ4v) is 1.39. The number of carbonyl (C=O) groups is 1. The minimum Gasteiger partial charge on any atom is -0.384 e. The van der Waals surface area contributed by atoms with Crippen LogP contribution in [0.15, 0.2) is 42.5 Å². The summed E-state index contributed by atoms with van der Waals surface area (Å²) < 4.78 is 0. The number of aromatic nitrogens is 1. The Morgan fingerprint density at radius 1 is 1.12 bits per heavy atom. The summed E-state index contributed by atoms with van der Waals surface area (Å²) in [7, 11) is 0. The first kappa shape index (κ1) is 10.9. The summed E-state index contributed by atoms with van der Waals surface area (Å²) in [4.78, 5) is 15.0. The van der Waals surface area contributed by atoms with Gasteiger partial charge in [-0.3, -0.25) is 4.79 Å². The third kappa shape index (κ3) is 2.72. The number of amides is 1. The number of anilines is 3. The Kier molecular flexibility index (Phi) is 2.91. The van der Waals surface area contributed by atoms with Gasteiger partial charge in [-0.25, -0.2) is 4.98 Å². The molecule has 86 valence electrons. The Hall–Kier alpha value is -2.56. The van der Waals surface area contributed by atoms with Gasteiger partial charge in [0, 0.05) is 11.3 Å². The Labute approximate surface area is 98.5 Å². The molecule has 0 bridgehead atoms. The Morgan fingerprint density at radius 2 is 1.82 bits per heavy atom. The molecular weight excluding hydrogens is 216 g/mol. The molecule has 5 heteroatoms. The number of hydrogen-bond donors (Lipinski definition) is 3. The van der Waals surface area contributed by atoms with Gasteiger partial charge in [0.1, 0.15) is 11.6 Å². The van der Waals surface area contributed by atoms with Crippen molar-refractivity contribution in [3.05, 3.63) is 48.0 Å². The Morgan fingerprint density at radius 3 is 2.41 bits per heavy atom. The van der Waals surface area contributed by atoms with E-state index in [0.717, 1.165) is 5.69 Å². The molecule has 2 aromatic rings. The van der Waals surface area contributed by atoms with Gasteiger partial charge in [0.25, 0.3) is 0 Å². The highest BCUT2D eigenvalue weighted by molar-refractivity contribution is 5.93. The highest BCUT2D eigenvalue weighted by Crippen LogP contribution is 2.15. The second-order valence-corrected chi connectivity index (χ2v) is 3.51. The highest BCUT2D eigenvalue weighted by atomic mass is 16.1. The molecular formula is C12H12N4O. The molecule has 0 saturated heterocycles. The second-order valence-electron chi connectivity index (χ2n) is 3.51. The number of rotatable bonds is 3. The fraction of sp³-hybridized carbons (Fsp3) is 0. The van der Waals surface area contributed by atoms with E-state index >= 15 is 0 Å². The number of pyridine rings is 1. The van der Waals surface area contributed by atoms with Crippen LogP contribution in [0.1, 0.15) is 10.4 Å². The molecule has 0 radical (unpaired) electrons. The summed E-state index contributed by atoms with van der Waals surface area (Å²) in [5.74, 6) is 0.652. The largest absolute Gasteiger partial charge is 0.384 e. The lowest BCUT2D eigenvalue weighted by molar-refractivity contribution is 0.100. The number of nitrogens with two attached hydrogens (primary N) is 2. The Balaban J connectivity index is 2.16. The first-order valence-electron chi connectivity index (χ1n) is 5.04. The first-order chi connectivity index (χ1) is 8.15. The molecule has 17 heavy (non-hydrogen) atoms. The molecule has 0 aliphatic heterocycles. The van der Waals surface area contributed by atoms with Gasteiger partial charge in [-0.05, 0) is 36.4 Å². The van der Waals surface area contributed by atoms with Crippen molar-refractivity contribution in [1.29, 1.82) is 0 Å². The van der Waals surface area contributed by atoms with Crippen LogP contribution in [0.25, 0.3) is 0 Å². The van der Waals surface area contributed by atoms with Crippen molar-refractivity contribution in [2.24, 2.45) is 5.73 Å². The van der Waals surface area contributed by atoms with E-state index in [9.17, 15) is 4.79 Å². The molecule has 1 heterocycles. The van der Waals surface area contributed by atoms with Gasteiger partial charge >= 0.3 is 0 Å². The molecule has 1 aromatic carbocycles. The van der Waals surface area contributed by atoms with Crippen molar-refractivity contribution in [2.75, 3.05) is 11.1 Å². The fourth-order valence-electron chi connectivity index (χ4n) is 1.39. The maximum absolute atomic E-state index is 10.9. The Bertz CT molecular complexity index is 536. The molecule has 1 amide bonds. The van der Waals surface area contributed by atoms with Gasteiger partial charge in [0.2, 0.25) is 5.91 Å². The molecule has 0 fully saturated rings. The number of nitrogens with one attached hydrogen (secondary N) is 1. The quantitative estimate of drug-likeness (QED) is 0.742. The molecule has 0 saturated carbocycles. The monoisotopic (exact) mass is 228 g/mol. The zero-order valence-corrected chi connectivity index (χ0v) is 9.05. The lowest BCUT2D eigenvalue weighted by atomic mass is 10.2. The van der Waals surface area contributed by atoms with Crippen LogP contribution in [-0.4, -0.2) is 10.9 Å². The molecule has 5 nitrogen and oxygen atoms in total. The molecule has 1 aromatic heterocycles. The summed E-state index contributed by atoms with van der Waals surface area (Å²) in [5.41, 5.74) is 12.0. The van der Waals surface area contributed by atoms with Crippen LogP contribution in [0, 0.1) is 0 Å². The van der Waals surface area contributed by atoms with E-state index in [2.05, 4.69) is 10.3 Å². The van der Waals surface area contributed by atoms with E-state index in [1.807, 2.05) is 6.07 Å². The molecule has 0 atom stereocenters. The predicted octanol–water partition coefficient (Wildman–Crippen LogP) is 1.51. The predicted molar refractivity (Wildman–Crippen MR) is 66.9 cm³/mol. The third-order valence-corrected chi connectivity index (χ3v) is 2.21. The van der Waals surface area contributed by atoms with E-state index in [-0.39, 0.29) is 0 Å². The van der Waals surface area contributed by atoms with E-state index in [4.69, 9.17) is 11.5 Å². The van der Waals surface area contributed by atoms with Crippen LogP contribution in [0.2, 0.25) is 0 Å². The van der Waals surface area contributed by atoms with Gasteiger partial charge in [-0.1, -0.05) is 6.07 Å². The van der Waals surface area contributed by atoms with Gasteiger partial charge in [0.05, 0.1) is 0 Å². The van der Waals surface area contributed by atoms with Crippen LogP contribution in [-0.2, 0) is 0 Å². The van der Waals surface area contributed by atoms with Gasteiger partial charge in [-0.2, -0.15) is 0 Å². The van der Waals surface area contributed by atoms with Gasteiger partial charge in [-0.15, -0.1) is 0 Å². The zero-order chi connectivity index (χ0) is 12.3. The van der Waals surface area contributed by atoms with E-state index in [1.165, 1.54) is 0 Å². The number of hydrogen-bond acceptors (Lipinski definition) is 4. The zero-order valence-electron chi connectivity index (χ0n) is 9.05. The summed E-state index contributed by atoms with van der Waals surface area (Å²) in [5, 5.41) is 3.07. The maximum Gasteiger partial charge on any atom is 0.248 e. The summed E-state index contributed by atoms with van der Waals surface area (Å²) in [6.45, 7) is 0. The topological polar surface area (TPSA) is 94.0 Å². The molecule has 0 aliphatic carbocycles. The average molecular weight is 228 g/mol. The SMILES string of the molecule is NC(=O)c1ccc(Nc2cccc(N)n2)cc1. The third-order valence-electron chi connectivity index (χ3n) is 2.21. The maximum atomic E-state index is 10.9. The number of primary amides is 1. The van der Waals surface area contributed by atoms with Crippen LogP contribution in [0.3, 0.4) is 0 Å². The molecule has 0 unspecified atom stereocenters. The van der Waals surface area contributed by atoms with Crippen LogP contribution in [0.4, 0.5) is 17.3 Å². The normalized spacial score (nSPS) is 9.88. The minimum atomic E-state index is -0.446. The minimum absolute atomic E-state index is 0.446. The van der Waals surface area contributed by atoms with Crippen LogP contribution >= 0.6 is 0 Å².